The van der Waals surface area contributed by atoms with E-state index in [0.29, 0.717) is 29.3 Å². The molecule has 0 N–H and O–H groups in total. The highest BCUT2D eigenvalue weighted by Gasteiger charge is 2.48. The lowest BCUT2D eigenvalue weighted by Gasteiger charge is -2.33. The zero-order valence-corrected chi connectivity index (χ0v) is 28.7. The first kappa shape index (κ1) is 30.4. The summed E-state index contributed by atoms with van der Waals surface area (Å²) < 4.78 is 0. The summed E-state index contributed by atoms with van der Waals surface area (Å²) >= 11 is 0. The van der Waals surface area contributed by atoms with Gasteiger partial charge in [-0.15, -0.1) is 0 Å². The minimum Gasteiger partial charge on any atom is -0.208 e. The second kappa shape index (κ2) is 12.0. The zero-order valence-electron chi connectivity index (χ0n) is 28.7. The molecule has 3 aliphatic carbocycles. The lowest BCUT2D eigenvalue weighted by Crippen LogP contribution is -2.27. The molecular formula is C47H39N3. The van der Waals surface area contributed by atoms with E-state index in [0.717, 1.165) is 23.1 Å². The van der Waals surface area contributed by atoms with Gasteiger partial charge in [-0.05, 0) is 75.3 Å². The molecule has 50 heavy (non-hydrogen) atoms. The van der Waals surface area contributed by atoms with Gasteiger partial charge in [-0.1, -0.05) is 159 Å². The van der Waals surface area contributed by atoms with Gasteiger partial charge in [-0.2, -0.15) is 0 Å². The molecule has 1 aromatic heterocycles. The maximum Gasteiger partial charge on any atom is 0.164 e. The molecule has 0 saturated heterocycles. The van der Waals surface area contributed by atoms with Gasteiger partial charge in [-0.25, -0.2) is 15.0 Å². The SMILES string of the molecule is Cc1c(C2=CC=CC(c3cccc(-c4nc(-c5ccccc5)nc(-c5ccccc5)n4)c3)C2)ccc2c1C(C)(C)C1C=Cc3ccccc3C21. The van der Waals surface area contributed by atoms with E-state index in [4.69, 9.17) is 15.0 Å². The second-order valence-corrected chi connectivity index (χ2v) is 14.5. The van der Waals surface area contributed by atoms with Crippen LogP contribution in [0.4, 0.5) is 0 Å². The van der Waals surface area contributed by atoms with E-state index in [-0.39, 0.29) is 11.3 Å². The lowest BCUT2D eigenvalue weighted by molar-refractivity contribution is 0.389. The Labute approximate surface area is 294 Å². The predicted molar refractivity (Wildman–Crippen MR) is 206 cm³/mol. The van der Waals surface area contributed by atoms with Crippen molar-refractivity contribution in [2.24, 2.45) is 5.92 Å². The number of hydrogen-bond acceptors (Lipinski definition) is 3. The summed E-state index contributed by atoms with van der Waals surface area (Å²) in [6.07, 6.45) is 12.7. The molecular weight excluding hydrogens is 607 g/mol. The molecule has 1 heterocycles. The number of aromatic nitrogens is 3. The standard InChI is InChI=1S/C47H39N3/c1-30-38(25-26-40-42-39-23-11-10-14-31(39)24-27-41(42)47(2,3)43(30)40)36-21-12-19-34(28-36)35-20-13-22-37(29-35)46-49-44(32-15-6-4-7-16-32)48-45(50-46)33-17-8-5-9-18-33/h4-27,29,34,41-42H,28H2,1-3H3. The third-order valence-corrected chi connectivity index (χ3v) is 11.2. The number of benzene rings is 5. The Kier molecular flexibility index (Phi) is 7.31. The van der Waals surface area contributed by atoms with Crippen molar-refractivity contribution in [2.45, 2.75) is 44.4 Å². The van der Waals surface area contributed by atoms with E-state index in [2.05, 4.69) is 136 Å². The van der Waals surface area contributed by atoms with Crippen LogP contribution >= 0.6 is 0 Å². The largest absolute Gasteiger partial charge is 0.208 e. The van der Waals surface area contributed by atoms with Crippen molar-refractivity contribution in [2.75, 3.05) is 0 Å². The maximum absolute atomic E-state index is 4.99. The highest BCUT2D eigenvalue weighted by Crippen LogP contribution is 2.58. The van der Waals surface area contributed by atoms with Crippen molar-refractivity contribution in [3.63, 3.8) is 0 Å². The van der Waals surface area contributed by atoms with Crippen LogP contribution in [0.1, 0.15) is 71.0 Å². The molecule has 0 bridgehead atoms. The predicted octanol–water partition coefficient (Wildman–Crippen LogP) is 11.4. The van der Waals surface area contributed by atoms with Crippen molar-refractivity contribution >= 4 is 11.6 Å². The fraction of sp³-hybridized carbons (Fsp3) is 0.170. The summed E-state index contributed by atoms with van der Waals surface area (Å²) in [4.78, 5) is 14.9. The minimum absolute atomic E-state index is 0.0463. The van der Waals surface area contributed by atoms with Gasteiger partial charge >= 0.3 is 0 Å². The van der Waals surface area contributed by atoms with E-state index in [1.807, 2.05) is 36.4 Å². The minimum atomic E-state index is 0.0463. The maximum atomic E-state index is 4.99. The first-order valence-corrected chi connectivity index (χ1v) is 17.7. The van der Waals surface area contributed by atoms with Gasteiger partial charge in [0.2, 0.25) is 0 Å². The third-order valence-electron chi connectivity index (χ3n) is 11.2. The molecule has 5 aromatic carbocycles. The molecule has 0 saturated carbocycles. The first-order valence-electron chi connectivity index (χ1n) is 17.7. The molecule has 6 aromatic rings. The van der Waals surface area contributed by atoms with Crippen LogP contribution in [-0.4, -0.2) is 15.0 Å². The molecule has 0 aliphatic heterocycles. The van der Waals surface area contributed by atoms with E-state index >= 15 is 0 Å². The Balaban J connectivity index is 1.05. The fourth-order valence-electron chi connectivity index (χ4n) is 8.79. The average Bonchev–Trinajstić information content (AvgIpc) is 3.42. The molecule has 3 atom stereocenters. The summed E-state index contributed by atoms with van der Waals surface area (Å²) in [7, 11) is 0. The number of nitrogens with zero attached hydrogens (tertiary/aromatic N) is 3. The van der Waals surface area contributed by atoms with Crippen LogP contribution in [0.15, 0.2) is 146 Å². The highest BCUT2D eigenvalue weighted by molar-refractivity contribution is 5.76. The Hall–Kier alpha value is -5.67. The molecule has 0 spiro atoms. The van der Waals surface area contributed by atoms with Crippen LogP contribution < -0.4 is 0 Å². The average molecular weight is 646 g/mol. The van der Waals surface area contributed by atoms with E-state index in [1.165, 1.54) is 44.5 Å². The van der Waals surface area contributed by atoms with Crippen molar-refractivity contribution in [3.8, 4) is 34.2 Å². The van der Waals surface area contributed by atoms with Crippen LogP contribution in [0, 0.1) is 12.8 Å². The summed E-state index contributed by atoms with van der Waals surface area (Å²) in [5.41, 5.74) is 14.3. The molecule has 3 unspecified atom stereocenters. The molecule has 3 heteroatoms. The summed E-state index contributed by atoms with van der Waals surface area (Å²) in [6.45, 7) is 7.25. The molecule has 0 radical (unpaired) electrons. The van der Waals surface area contributed by atoms with Crippen LogP contribution in [0.3, 0.4) is 0 Å². The molecule has 3 nitrogen and oxygen atoms in total. The van der Waals surface area contributed by atoms with Gasteiger partial charge < -0.3 is 0 Å². The molecule has 242 valence electrons. The fourth-order valence-corrected chi connectivity index (χ4v) is 8.79. The Bertz CT molecular complexity index is 2290. The van der Waals surface area contributed by atoms with Crippen molar-refractivity contribution in [1.82, 2.24) is 15.0 Å². The molecule has 0 amide bonds. The van der Waals surface area contributed by atoms with Gasteiger partial charge in [0.05, 0.1) is 0 Å². The van der Waals surface area contributed by atoms with Crippen LogP contribution in [-0.2, 0) is 5.41 Å². The van der Waals surface area contributed by atoms with Crippen molar-refractivity contribution < 1.29 is 0 Å². The molecule has 9 rings (SSSR count). The van der Waals surface area contributed by atoms with Crippen LogP contribution in [0.5, 0.6) is 0 Å². The first-order chi connectivity index (χ1) is 24.5. The monoisotopic (exact) mass is 645 g/mol. The topological polar surface area (TPSA) is 38.7 Å². The molecule has 0 fully saturated rings. The van der Waals surface area contributed by atoms with Crippen molar-refractivity contribution in [1.29, 1.82) is 0 Å². The van der Waals surface area contributed by atoms with Gasteiger partial charge in [0, 0.05) is 28.5 Å². The van der Waals surface area contributed by atoms with Crippen LogP contribution in [0.2, 0.25) is 0 Å². The lowest BCUT2D eigenvalue weighted by atomic mass is 9.70. The Morgan fingerprint density at radius 2 is 1.26 bits per heavy atom. The van der Waals surface area contributed by atoms with Gasteiger partial charge in [0.15, 0.2) is 17.5 Å². The third kappa shape index (κ3) is 5.08. The Morgan fingerprint density at radius 1 is 0.620 bits per heavy atom. The van der Waals surface area contributed by atoms with E-state index < -0.39 is 0 Å². The quantitative estimate of drug-likeness (QED) is 0.187. The highest BCUT2D eigenvalue weighted by atomic mass is 15.0. The van der Waals surface area contributed by atoms with Gasteiger partial charge in [0.1, 0.15) is 0 Å². The summed E-state index contributed by atoms with van der Waals surface area (Å²) in [5, 5.41) is 0. The number of allylic oxidation sites excluding steroid dienone is 5. The van der Waals surface area contributed by atoms with Gasteiger partial charge in [0.25, 0.3) is 0 Å². The van der Waals surface area contributed by atoms with Gasteiger partial charge in [-0.3, -0.25) is 0 Å². The van der Waals surface area contributed by atoms with E-state index in [1.54, 1.807) is 0 Å². The number of rotatable bonds is 5. The summed E-state index contributed by atoms with van der Waals surface area (Å²) in [5.74, 6) is 3.15. The smallest absolute Gasteiger partial charge is 0.164 e. The van der Waals surface area contributed by atoms with Crippen molar-refractivity contribution in [3.05, 3.63) is 185 Å². The molecule has 3 aliphatic rings. The number of hydrogen-bond donors (Lipinski definition) is 0. The van der Waals surface area contributed by atoms with Crippen LogP contribution in [0.25, 0.3) is 45.8 Å². The Morgan fingerprint density at radius 3 is 1.98 bits per heavy atom. The number of fused-ring (bicyclic) bond motifs is 5. The summed E-state index contributed by atoms with van der Waals surface area (Å²) in [6, 6.07) is 42.9. The van der Waals surface area contributed by atoms with E-state index in [9.17, 15) is 0 Å². The normalized spacial score (nSPS) is 19.7. The zero-order chi connectivity index (χ0) is 33.8. The second-order valence-electron chi connectivity index (χ2n) is 14.5.